The van der Waals surface area contributed by atoms with Crippen LogP contribution in [0.4, 0.5) is 0 Å². The highest BCUT2D eigenvalue weighted by molar-refractivity contribution is 7.07. The first-order valence-corrected chi connectivity index (χ1v) is 6.33. The van der Waals surface area contributed by atoms with Crippen molar-refractivity contribution in [1.82, 2.24) is 0 Å². The van der Waals surface area contributed by atoms with Gasteiger partial charge in [0.25, 0.3) is 0 Å². The molecular formula is C12H18OS. The van der Waals surface area contributed by atoms with Gasteiger partial charge in [0.2, 0.25) is 0 Å². The molecule has 14 heavy (non-hydrogen) atoms. The number of aliphatic hydroxyl groups is 1. The van der Waals surface area contributed by atoms with Gasteiger partial charge < -0.3 is 5.11 Å². The van der Waals surface area contributed by atoms with Crippen LogP contribution in [0.3, 0.4) is 0 Å². The van der Waals surface area contributed by atoms with E-state index in [0.717, 1.165) is 18.8 Å². The Morgan fingerprint density at radius 2 is 2.36 bits per heavy atom. The molecule has 2 heteroatoms. The van der Waals surface area contributed by atoms with Gasteiger partial charge in [0.1, 0.15) is 0 Å². The van der Waals surface area contributed by atoms with Crippen LogP contribution in [0.1, 0.15) is 38.2 Å². The summed E-state index contributed by atoms with van der Waals surface area (Å²) in [4.78, 5) is 0. The molecule has 0 radical (unpaired) electrons. The zero-order valence-electron chi connectivity index (χ0n) is 8.70. The second kappa shape index (κ2) is 4.03. The van der Waals surface area contributed by atoms with Gasteiger partial charge in [-0.15, -0.1) is 0 Å². The van der Waals surface area contributed by atoms with Crippen LogP contribution >= 0.6 is 11.3 Å². The van der Waals surface area contributed by atoms with Gasteiger partial charge in [-0.05, 0) is 41.7 Å². The molecule has 1 nitrogen and oxygen atoms in total. The number of hydrogen-bond donors (Lipinski definition) is 1. The first-order valence-electron chi connectivity index (χ1n) is 5.39. The first kappa shape index (κ1) is 10.2. The number of thiophene rings is 1. The molecular weight excluding hydrogens is 192 g/mol. The zero-order chi connectivity index (χ0) is 10.0. The van der Waals surface area contributed by atoms with Crippen molar-refractivity contribution in [3.63, 3.8) is 0 Å². The van der Waals surface area contributed by atoms with E-state index < -0.39 is 5.60 Å². The van der Waals surface area contributed by atoms with Crippen LogP contribution in [0.5, 0.6) is 0 Å². The van der Waals surface area contributed by atoms with Gasteiger partial charge in [-0.25, -0.2) is 0 Å². The zero-order valence-corrected chi connectivity index (χ0v) is 9.52. The fourth-order valence-electron chi connectivity index (χ4n) is 2.22. The van der Waals surface area contributed by atoms with Crippen LogP contribution in [-0.4, -0.2) is 10.7 Å². The molecule has 1 heterocycles. The minimum absolute atomic E-state index is 0.494. The maximum Gasteiger partial charge on any atom is 0.0662 e. The second-order valence-electron chi connectivity index (χ2n) is 4.81. The molecule has 0 spiro atoms. The molecule has 1 N–H and O–H groups in total. The molecule has 78 valence electrons. The second-order valence-corrected chi connectivity index (χ2v) is 5.59. The molecule has 2 rings (SSSR count). The predicted molar refractivity (Wildman–Crippen MR) is 60.6 cm³/mol. The minimum Gasteiger partial charge on any atom is -0.390 e. The Balaban J connectivity index is 1.87. The van der Waals surface area contributed by atoms with Crippen LogP contribution in [0.25, 0.3) is 0 Å². The Bertz CT molecular complexity index is 273. The largest absolute Gasteiger partial charge is 0.390 e. The lowest BCUT2D eigenvalue weighted by Gasteiger charge is -2.33. The van der Waals surface area contributed by atoms with Crippen LogP contribution in [0.2, 0.25) is 0 Å². The predicted octanol–water partition coefficient (Wildman–Crippen LogP) is 3.23. The lowest BCUT2D eigenvalue weighted by molar-refractivity contribution is 0.0205. The van der Waals surface area contributed by atoms with Crippen molar-refractivity contribution in [2.45, 2.75) is 44.6 Å². The van der Waals surface area contributed by atoms with Crippen LogP contribution < -0.4 is 0 Å². The Kier molecular flexibility index (Phi) is 2.93. The third kappa shape index (κ3) is 2.58. The third-order valence-electron chi connectivity index (χ3n) is 3.12. The summed E-state index contributed by atoms with van der Waals surface area (Å²) < 4.78 is 0. The molecule has 1 aromatic heterocycles. The van der Waals surface area contributed by atoms with Crippen molar-refractivity contribution in [2.24, 2.45) is 5.92 Å². The van der Waals surface area contributed by atoms with Gasteiger partial charge >= 0.3 is 0 Å². The van der Waals surface area contributed by atoms with Crippen LogP contribution in [0.15, 0.2) is 16.8 Å². The Hall–Kier alpha value is -0.340. The van der Waals surface area contributed by atoms with Crippen molar-refractivity contribution in [1.29, 1.82) is 0 Å². The van der Waals surface area contributed by atoms with E-state index in [1.165, 1.54) is 24.8 Å². The molecule has 0 saturated heterocycles. The fourth-order valence-corrected chi connectivity index (χ4v) is 2.89. The molecule has 1 saturated carbocycles. The van der Waals surface area contributed by atoms with E-state index in [2.05, 4.69) is 16.8 Å². The van der Waals surface area contributed by atoms with E-state index in [9.17, 15) is 5.11 Å². The molecule has 0 aliphatic heterocycles. The Morgan fingerprint density at radius 3 is 2.86 bits per heavy atom. The van der Waals surface area contributed by atoms with Gasteiger partial charge in [-0.1, -0.05) is 19.3 Å². The van der Waals surface area contributed by atoms with Gasteiger partial charge in [0, 0.05) is 6.42 Å². The Morgan fingerprint density at radius 1 is 1.57 bits per heavy atom. The van der Waals surface area contributed by atoms with E-state index in [1.807, 2.05) is 6.92 Å². The van der Waals surface area contributed by atoms with E-state index in [4.69, 9.17) is 0 Å². The maximum absolute atomic E-state index is 10.2. The molecule has 1 aliphatic rings. The SMILES string of the molecule is CC(O)(Cc1ccsc1)CC1CCC1. The smallest absolute Gasteiger partial charge is 0.0662 e. The fraction of sp³-hybridized carbons (Fsp3) is 0.667. The van der Waals surface area contributed by atoms with Crippen molar-refractivity contribution < 1.29 is 5.11 Å². The molecule has 1 fully saturated rings. The summed E-state index contributed by atoms with van der Waals surface area (Å²) in [5.74, 6) is 0.781. The van der Waals surface area contributed by atoms with Crippen molar-refractivity contribution in [2.75, 3.05) is 0 Å². The van der Waals surface area contributed by atoms with Gasteiger partial charge in [0.05, 0.1) is 5.60 Å². The van der Waals surface area contributed by atoms with Gasteiger partial charge in [0.15, 0.2) is 0 Å². The van der Waals surface area contributed by atoms with E-state index in [1.54, 1.807) is 11.3 Å². The summed E-state index contributed by atoms with van der Waals surface area (Å²) in [5.41, 5.74) is 0.783. The van der Waals surface area contributed by atoms with E-state index in [-0.39, 0.29) is 0 Å². The average Bonchev–Trinajstić information content (AvgIpc) is 2.49. The van der Waals surface area contributed by atoms with E-state index in [0.29, 0.717) is 0 Å². The molecule has 1 unspecified atom stereocenters. The first-order chi connectivity index (χ1) is 6.66. The topological polar surface area (TPSA) is 20.2 Å². The molecule has 1 aromatic rings. The molecule has 1 atom stereocenters. The monoisotopic (exact) mass is 210 g/mol. The van der Waals surface area contributed by atoms with Gasteiger partial charge in [-0.2, -0.15) is 11.3 Å². The van der Waals surface area contributed by atoms with Crippen LogP contribution in [-0.2, 0) is 6.42 Å². The summed E-state index contributed by atoms with van der Waals surface area (Å²) in [6.07, 6.45) is 5.79. The highest BCUT2D eigenvalue weighted by Crippen LogP contribution is 2.34. The standard InChI is InChI=1S/C12H18OS/c1-12(13,7-10-3-2-4-10)8-11-5-6-14-9-11/h5-6,9-10,13H,2-4,7-8H2,1H3. The quantitative estimate of drug-likeness (QED) is 0.809. The summed E-state index contributed by atoms with van der Waals surface area (Å²) >= 11 is 1.71. The lowest BCUT2D eigenvalue weighted by atomic mass is 9.76. The summed E-state index contributed by atoms with van der Waals surface area (Å²) in [7, 11) is 0. The minimum atomic E-state index is -0.494. The normalized spacial score (nSPS) is 21.6. The third-order valence-corrected chi connectivity index (χ3v) is 3.85. The van der Waals surface area contributed by atoms with Gasteiger partial charge in [-0.3, -0.25) is 0 Å². The summed E-state index contributed by atoms with van der Waals surface area (Å²) in [5, 5.41) is 14.4. The lowest BCUT2D eigenvalue weighted by Crippen LogP contribution is -2.32. The Labute approximate surface area is 89.8 Å². The molecule has 0 amide bonds. The van der Waals surface area contributed by atoms with Crippen LogP contribution in [0, 0.1) is 5.92 Å². The highest BCUT2D eigenvalue weighted by atomic mass is 32.1. The summed E-state index contributed by atoms with van der Waals surface area (Å²) in [6, 6.07) is 2.11. The average molecular weight is 210 g/mol. The number of rotatable bonds is 4. The van der Waals surface area contributed by atoms with Crippen molar-refractivity contribution in [3.05, 3.63) is 22.4 Å². The maximum atomic E-state index is 10.2. The number of hydrogen-bond acceptors (Lipinski definition) is 2. The van der Waals surface area contributed by atoms with E-state index >= 15 is 0 Å². The van der Waals surface area contributed by atoms with Crippen molar-refractivity contribution in [3.8, 4) is 0 Å². The van der Waals surface area contributed by atoms with Crippen molar-refractivity contribution >= 4 is 11.3 Å². The summed E-state index contributed by atoms with van der Waals surface area (Å²) in [6.45, 7) is 1.98. The highest BCUT2D eigenvalue weighted by Gasteiger charge is 2.28. The molecule has 0 aromatic carbocycles. The molecule has 0 bridgehead atoms. The molecule has 1 aliphatic carbocycles.